The fourth-order valence-electron chi connectivity index (χ4n) is 2.94. The molecule has 0 heterocycles. The highest BCUT2D eigenvalue weighted by atomic mass is 79.9. The van der Waals surface area contributed by atoms with E-state index < -0.39 is 0 Å². The molecular weight excluding hydrogens is 394 g/mol. The van der Waals surface area contributed by atoms with E-state index in [-0.39, 0.29) is 11.7 Å². The molecular formula is C20H21BrN3O2+. The summed E-state index contributed by atoms with van der Waals surface area (Å²) in [6.45, 7) is 1.55. The van der Waals surface area contributed by atoms with Crippen LogP contribution in [0, 0.1) is 0 Å². The summed E-state index contributed by atoms with van der Waals surface area (Å²) in [7, 11) is 1.58. The third-order valence-electron chi connectivity index (χ3n) is 4.46. The normalized spacial score (nSPS) is 14.2. The molecule has 1 saturated carbocycles. The summed E-state index contributed by atoms with van der Waals surface area (Å²) >= 11 is 3.40. The molecule has 1 aliphatic rings. The molecule has 1 amide bonds. The van der Waals surface area contributed by atoms with Gasteiger partial charge in [0, 0.05) is 34.9 Å². The molecule has 6 heteroatoms. The molecule has 0 aliphatic heterocycles. The molecule has 0 saturated heterocycles. The van der Waals surface area contributed by atoms with E-state index in [9.17, 15) is 9.59 Å². The number of rotatable bonds is 5. The number of carbonyl (C=O) groups is 2. The number of halogens is 1. The average Bonchev–Trinajstić information content (AvgIpc) is 3.45. The number of nitrogens with two attached hydrogens (primary N) is 1. The van der Waals surface area contributed by atoms with Crippen molar-refractivity contribution in [2.24, 2.45) is 0 Å². The highest BCUT2D eigenvalue weighted by Gasteiger charge is 2.31. The van der Waals surface area contributed by atoms with Crippen molar-refractivity contribution in [1.82, 2.24) is 5.32 Å². The lowest BCUT2D eigenvalue weighted by Gasteiger charge is -2.11. The number of nitrogens with one attached hydrogen (secondary N) is 2. The summed E-state index contributed by atoms with van der Waals surface area (Å²) in [5.74, 6) is 0.0938. The predicted octanol–water partition coefficient (Wildman–Crippen LogP) is 2.06. The number of anilines is 1. The first-order valence-electron chi connectivity index (χ1n) is 8.47. The molecule has 134 valence electrons. The first-order valence-corrected chi connectivity index (χ1v) is 9.26. The van der Waals surface area contributed by atoms with Gasteiger partial charge in [0.15, 0.2) is 5.78 Å². The lowest BCUT2D eigenvalue weighted by atomic mass is 9.94. The van der Waals surface area contributed by atoms with Crippen LogP contribution >= 0.6 is 15.9 Å². The van der Waals surface area contributed by atoms with Gasteiger partial charge in [-0.25, -0.2) is 0 Å². The highest BCUT2D eigenvalue weighted by Crippen LogP contribution is 2.43. The van der Waals surface area contributed by atoms with Crippen molar-refractivity contribution in [2.45, 2.75) is 25.7 Å². The van der Waals surface area contributed by atoms with Crippen molar-refractivity contribution >= 4 is 44.7 Å². The number of nitrogen functional groups attached to an aromatic ring is 1. The maximum Gasteiger partial charge on any atom is 0.316 e. The molecule has 2 aromatic rings. The number of amides is 1. The minimum atomic E-state index is -0.267. The maximum atomic E-state index is 12.5. The van der Waals surface area contributed by atoms with E-state index >= 15 is 0 Å². The number of ketones is 1. The first kappa shape index (κ1) is 18.3. The van der Waals surface area contributed by atoms with Crippen molar-refractivity contribution in [3.63, 3.8) is 0 Å². The fraction of sp³-hybridized carbons (Fsp3) is 0.250. The molecule has 0 unspecified atom stereocenters. The Kier molecular flexibility index (Phi) is 5.23. The Morgan fingerprint density at radius 2 is 1.81 bits per heavy atom. The zero-order chi connectivity index (χ0) is 18.8. The van der Waals surface area contributed by atoms with Crippen molar-refractivity contribution in [3.8, 4) is 0 Å². The van der Waals surface area contributed by atoms with Gasteiger partial charge in [-0.15, -0.1) is 0 Å². The van der Waals surface area contributed by atoms with E-state index in [0.717, 1.165) is 28.6 Å². The van der Waals surface area contributed by atoms with Crippen molar-refractivity contribution in [1.29, 1.82) is 0 Å². The smallest absolute Gasteiger partial charge is 0.316 e. The van der Waals surface area contributed by atoms with Crippen molar-refractivity contribution in [3.05, 3.63) is 57.6 Å². The second-order valence-corrected chi connectivity index (χ2v) is 7.36. The summed E-state index contributed by atoms with van der Waals surface area (Å²) in [6, 6.07) is 11.1. The van der Waals surface area contributed by atoms with Crippen LogP contribution in [0.4, 0.5) is 11.4 Å². The van der Waals surface area contributed by atoms with Crippen LogP contribution in [0.25, 0.3) is 0 Å². The van der Waals surface area contributed by atoms with E-state index in [1.54, 1.807) is 20.0 Å². The number of benzene rings is 2. The van der Waals surface area contributed by atoms with Gasteiger partial charge in [-0.2, -0.15) is 4.99 Å². The van der Waals surface area contributed by atoms with E-state index in [2.05, 4.69) is 26.2 Å². The minimum Gasteiger partial charge on any atom is -0.398 e. The number of carbonyl (C=O) groups excluding carboxylic acids is 2. The lowest BCUT2D eigenvalue weighted by molar-refractivity contribution is -0.352. The lowest BCUT2D eigenvalue weighted by Crippen LogP contribution is -2.70. The first-order chi connectivity index (χ1) is 12.4. The van der Waals surface area contributed by atoms with Gasteiger partial charge in [0.25, 0.3) is 5.71 Å². The van der Waals surface area contributed by atoms with Gasteiger partial charge < -0.3 is 11.1 Å². The van der Waals surface area contributed by atoms with Crippen LogP contribution in [0.1, 0.15) is 47.2 Å². The second kappa shape index (κ2) is 7.41. The molecule has 4 N–H and O–H groups in total. The van der Waals surface area contributed by atoms with E-state index in [1.165, 1.54) is 0 Å². The van der Waals surface area contributed by atoms with Crippen molar-refractivity contribution < 1.29 is 14.6 Å². The van der Waals surface area contributed by atoms with Crippen molar-refractivity contribution in [2.75, 3.05) is 12.8 Å². The molecule has 0 atom stereocenters. The largest absolute Gasteiger partial charge is 0.398 e. The van der Waals surface area contributed by atoms with Crippen LogP contribution in [-0.2, 0) is 4.79 Å². The molecule has 5 nitrogen and oxygen atoms in total. The Bertz CT molecular complexity index is 900. The molecule has 0 bridgehead atoms. The molecule has 26 heavy (non-hydrogen) atoms. The fourth-order valence-corrected chi connectivity index (χ4v) is 3.20. The van der Waals surface area contributed by atoms with Crippen LogP contribution in [0.15, 0.2) is 40.9 Å². The van der Waals surface area contributed by atoms with Gasteiger partial charge in [-0.1, -0.05) is 15.9 Å². The van der Waals surface area contributed by atoms with Crippen LogP contribution < -0.4 is 16.0 Å². The third-order valence-corrected chi connectivity index (χ3v) is 4.98. The topological polar surface area (TPSA) is 86.2 Å². The molecule has 0 spiro atoms. The SMILES string of the molecule is CNC(=O)C(=[NH+]c1ccc(Br)cc1)c1cc(C2CC2)c(C(C)=O)cc1N. The Labute approximate surface area is 160 Å². The Hall–Kier alpha value is -2.47. The minimum absolute atomic E-state index is 0.00693. The quantitative estimate of drug-likeness (QED) is 0.397. The van der Waals surface area contributed by atoms with E-state index in [0.29, 0.717) is 28.4 Å². The van der Waals surface area contributed by atoms with Gasteiger partial charge in [0.2, 0.25) is 5.69 Å². The molecule has 1 aliphatic carbocycles. The Morgan fingerprint density at radius 1 is 1.15 bits per heavy atom. The van der Waals surface area contributed by atoms with Crippen LogP contribution in [0.2, 0.25) is 0 Å². The van der Waals surface area contributed by atoms with Gasteiger partial charge in [0.05, 0.1) is 5.56 Å². The zero-order valence-electron chi connectivity index (χ0n) is 14.7. The molecule has 2 aromatic carbocycles. The molecule has 0 radical (unpaired) electrons. The molecule has 1 fully saturated rings. The zero-order valence-corrected chi connectivity index (χ0v) is 16.3. The van der Waals surface area contributed by atoms with Gasteiger partial charge >= 0.3 is 5.91 Å². The molecule has 3 rings (SSSR count). The summed E-state index contributed by atoms with van der Waals surface area (Å²) < 4.78 is 0.950. The van der Waals surface area contributed by atoms with E-state index in [1.807, 2.05) is 30.3 Å². The number of hydrogen-bond acceptors (Lipinski definition) is 3. The summed E-state index contributed by atoms with van der Waals surface area (Å²) in [4.78, 5) is 27.7. The summed E-state index contributed by atoms with van der Waals surface area (Å²) in [5, 5.41) is 2.65. The van der Waals surface area contributed by atoms with Crippen LogP contribution in [-0.4, -0.2) is 24.4 Å². The predicted molar refractivity (Wildman–Crippen MR) is 106 cm³/mol. The number of Topliss-reactive ketones (excluding diaryl/α,β-unsaturated/α-hetero) is 1. The number of hydrogen-bond donors (Lipinski definition) is 3. The third kappa shape index (κ3) is 3.85. The van der Waals surface area contributed by atoms with Crippen LogP contribution in [0.3, 0.4) is 0 Å². The maximum absolute atomic E-state index is 12.5. The molecule has 0 aromatic heterocycles. The Morgan fingerprint density at radius 3 is 2.35 bits per heavy atom. The summed E-state index contributed by atoms with van der Waals surface area (Å²) in [6.07, 6.45) is 2.11. The average molecular weight is 415 g/mol. The number of likely N-dealkylation sites (N-methyl/N-ethyl adjacent to an activating group) is 1. The summed E-state index contributed by atoms with van der Waals surface area (Å²) in [5.41, 5.74) is 9.99. The highest BCUT2D eigenvalue weighted by molar-refractivity contribution is 9.10. The standard InChI is InChI=1S/C20H20BrN3O2/c1-11(25)15-10-18(22)17(9-16(15)12-3-4-12)19(20(26)23-2)24-14-7-5-13(21)6-8-14/h5-10,12H,3-4,22H2,1-2H3,(H,23,26)/p+1. The van der Waals surface area contributed by atoms with Gasteiger partial charge in [-0.3, -0.25) is 9.59 Å². The van der Waals surface area contributed by atoms with Crippen LogP contribution in [0.5, 0.6) is 0 Å². The van der Waals surface area contributed by atoms with Gasteiger partial charge in [0.1, 0.15) is 0 Å². The van der Waals surface area contributed by atoms with E-state index in [4.69, 9.17) is 5.73 Å². The Balaban J connectivity index is 2.15. The second-order valence-electron chi connectivity index (χ2n) is 6.44. The monoisotopic (exact) mass is 414 g/mol. The van der Waals surface area contributed by atoms with Gasteiger partial charge in [-0.05, 0) is 55.5 Å².